The number of esters is 1. The maximum Gasteiger partial charge on any atom is 0.334 e. The monoisotopic (exact) mass is 198 g/mol. The van der Waals surface area contributed by atoms with Gasteiger partial charge in [-0.05, 0) is 26.2 Å². The Balaban J connectivity index is 4.27. The molecule has 2 nitrogen and oxygen atoms in total. The van der Waals surface area contributed by atoms with Crippen LogP contribution in [0.1, 0.15) is 47.5 Å². The zero-order valence-corrected chi connectivity index (χ0v) is 10.0. The molecule has 14 heavy (non-hydrogen) atoms. The van der Waals surface area contributed by atoms with Gasteiger partial charge in [0.25, 0.3) is 0 Å². The highest BCUT2D eigenvalue weighted by atomic mass is 16.5. The Hall–Kier alpha value is -0.790. The number of hydrogen-bond acceptors (Lipinski definition) is 2. The molecular weight excluding hydrogens is 176 g/mol. The van der Waals surface area contributed by atoms with E-state index in [0.29, 0.717) is 6.61 Å². The summed E-state index contributed by atoms with van der Waals surface area (Å²) in [7, 11) is 0. The second kappa shape index (κ2) is 6.63. The molecule has 0 aromatic heterocycles. The molecule has 0 aliphatic rings. The summed E-state index contributed by atoms with van der Waals surface area (Å²) in [5.41, 5.74) is 1.88. The molecular formula is C12H22O2. The van der Waals surface area contributed by atoms with Gasteiger partial charge in [0, 0.05) is 5.57 Å². The average Bonchev–Trinajstić information content (AvgIpc) is 2.03. The van der Waals surface area contributed by atoms with E-state index in [9.17, 15) is 4.79 Å². The first kappa shape index (κ1) is 13.2. The average molecular weight is 198 g/mol. The standard InChI is InChI=1S/C12H22O2/c1-6-7-8-14-12(13)11(9(2)3)10(4)5/h9H,6-8H2,1-5H3. The minimum Gasteiger partial charge on any atom is -0.462 e. The van der Waals surface area contributed by atoms with Crippen molar-refractivity contribution in [2.24, 2.45) is 5.92 Å². The highest BCUT2D eigenvalue weighted by Crippen LogP contribution is 2.16. The van der Waals surface area contributed by atoms with Crippen molar-refractivity contribution in [1.29, 1.82) is 0 Å². The zero-order valence-electron chi connectivity index (χ0n) is 10.0. The molecule has 0 saturated carbocycles. The molecule has 0 atom stereocenters. The van der Waals surface area contributed by atoms with E-state index in [2.05, 4.69) is 6.92 Å². The quantitative estimate of drug-likeness (QED) is 0.385. The predicted molar refractivity (Wildman–Crippen MR) is 59.1 cm³/mol. The van der Waals surface area contributed by atoms with Gasteiger partial charge in [-0.25, -0.2) is 4.79 Å². The van der Waals surface area contributed by atoms with Crippen LogP contribution in [0, 0.1) is 5.92 Å². The van der Waals surface area contributed by atoms with Crippen molar-refractivity contribution in [3.05, 3.63) is 11.1 Å². The van der Waals surface area contributed by atoms with Crippen LogP contribution in [-0.4, -0.2) is 12.6 Å². The van der Waals surface area contributed by atoms with Gasteiger partial charge in [0.2, 0.25) is 0 Å². The van der Waals surface area contributed by atoms with Crippen LogP contribution < -0.4 is 0 Å². The van der Waals surface area contributed by atoms with Crippen molar-refractivity contribution >= 4 is 5.97 Å². The summed E-state index contributed by atoms with van der Waals surface area (Å²) in [6.45, 7) is 10.6. The Morgan fingerprint density at radius 3 is 2.21 bits per heavy atom. The maximum atomic E-state index is 11.6. The van der Waals surface area contributed by atoms with Crippen molar-refractivity contribution < 1.29 is 9.53 Å². The van der Waals surface area contributed by atoms with Crippen LogP contribution in [0.25, 0.3) is 0 Å². The number of ether oxygens (including phenoxy) is 1. The van der Waals surface area contributed by atoms with Crippen LogP contribution in [-0.2, 0) is 9.53 Å². The molecule has 0 aromatic rings. The van der Waals surface area contributed by atoms with E-state index >= 15 is 0 Å². The number of unbranched alkanes of at least 4 members (excludes halogenated alkanes) is 1. The van der Waals surface area contributed by atoms with E-state index in [4.69, 9.17) is 4.74 Å². The molecule has 0 amide bonds. The van der Waals surface area contributed by atoms with Gasteiger partial charge < -0.3 is 4.74 Å². The number of carbonyl (C=O) groups excluding carboxylic acids is 1. The predicted octanol–water partition coefficient (Wildman–Crippen LogP) is 3.32. The molecule has 0 rings (SSSR count). The first-order chi connectivity index (χ1) is 6.50. The van der Waals surface area contributed by atoms with E-state index in [1.54, 1.807) is 0 Å². The molecule has 0 aromatic carbocycles. The summed E-state index contributed by atoms with van der Waals surface area (Å²) in [5, 5.41) is 0. The largest absolute Gasteiger partial charge is 0.462 e. The fourth-order valence-electron chi connectivity index (χ4n) is 1.40. The van der Waals surface area contributed by atoms with Gasteiger partial charge in [-0.15, -0.1) is 0 Å². The van der Waals surface area contributed by atoms with Gasteiger partial charge in [0.15, 0.2) is 0 Å². The zero-order chi connectivity index (χ0) is 11.1. The van der Waals surface area contributed by atoms with Gasteiger partial charge in [0.05, 0.1) is 6.61 Å². The Kier molecular flexibility index (Phi) is 6.26. The Morgan fingerprint density at radius 1 is 1.29 bits per heavy atom. The van der Waals surface area contributed by atoms with Crippen LogP contribution in [0.2, 0.25) is 0 Å². The molecule has 0 spiro atoms. The van der Waals surface area contributed by atoms with Crippen molar-refractivity contribution in [3.8, 4) is 0 Å². The van der Waals surface area contributed by atoms with Crippen LogP contribution >= 0.6 is 0 Å². The molecule has 0 N–H and O–H groups in total. The molecule has 2 heteroatoms. The van der Waals surface area contributed by atoms with Gasteiger partial charge in [-0.2, -0.15) is 0 Å². The summed E-state index contributed by atoms with van der Waals surface area (Å²) >= 11 is 0. The number of hydrogen-bond donors (Lipinski definition) is 0. The number of carbonyl (C=O) groups is 1. The molecule has 0 saturated heterocycles. The highest BCUT2D eigenvalue weighted by Gasteiger charge is 2.15. The summed E-state index contributed by atoms with van der Waals surface area (Å²) in [6, 6.07) is 0. The highest BCUT2D eigenvalue weighted by molar-refractivity contribution is 5.89. The van der Waals surface area contributed by atoms with E-state index in [0.717, 1.165) is 24.0 Å². The summed E-state index contributed by atoms with van der Waals surface area (Å²) in [5.74, 6) is 0.0996. The summed E-state index contributed by atoms with van der Waals surface area (Å²) in [6.07, 6.45) is 2.00. The minimum atomic E-state index is -0.145. The van der Waals surface area contributed by atoms with E-state index in [1.165, 1.54) is 0 Å². The fraction of sp³-hybridized carbons (Fsp3) is 0.750. The van der Waals surface area contributed by atoms with Crippen LogP contribution in [0.15, 0.2) is 11.1 Å². The molecule has 0 unspecified atom stereocenters. The lowest BCUT2D eigenvalue weighted by atomic mass is 9.99. The first-order valence-electron chi connectivity index (χ1n) is 5.35. The minimum absolute atomic E-state index is 0.145. The topological polar surface area (TPSA) is 26.3 Å². The summed E-state index contributed by atoms with van der Waals surface area (Å²) < 4.78 is 5.17. The number of rotatable bonds is 5. The molecule has 82 valence electrons. The van der Waals surface area contributed by atoms with Crippen LogP contribution in [0.4, 0.5) is 0 Å². The van der Waals surface area contributed by atoms with Gasteiger partial charge in [-0.3, -0.25) is 0 Å². The lowest BCUT2D eigenvalue weighted by Crippen LogP contribution is -2.14. The molecule has 0 aliphatic carbocycles. The third-order valence-electron chi connectivity index (χ3n) is 2.07. The molecule has 0 heterocycles. The lowest BCUT2D eigenvalue weighted by Gasteiger charge is -2.12. The third kappa shape index (κ3) is 4.45. The summed E-state index contributed by atoms with van der Waals surface area (Å²) in [4.78, 5) is 11.6. The lowest BCUT2D eigenvalue weighted by molar-refractivity contribution is -0.139. The van der Waals surface area contributed by atoms with Crippen LogP contribution in [0.3, 0.4) is 0 Å². The van der Waals surface area contributed by atoms with E-state index in [1.807, 2.05) is 27.7 Å². The van der Waals surface area contributed by atoms with E-state index in [-0.39, 0.29) is 11.9 Å². The van der Waals surface area contributed by atoms with Crippen molar-refractivity contribution in [1.82, 2.24) is 0 Å². The second-order valence-corrected chi connectivity index (χ2v) is 4.06. The van der Waals surface area contributed by atoms with Gasteiger partial charge >= 0.3 is 5.97 Å². The Morgan fingerprint density at radius 2 is 1.86 bits per heavy atom. The first-order valence-corrected chi connectivity index (χ1v) is 5.35. The van der Waals surface area contributed by atoms with Crippen molar-refractivity contribution in [3.63, 3.8) is 0 Å². The SMILES string of the molecule is CCCCOC(=O)C(=C(C)C)C(C)C. The number of allylic oxidation sites excluding steroid dienone is 1. The van der Waals surface area contributed by atoms with Crippen LogP contribution in [0.5, 0.6) is 0 Å². The smallest absolute Gasteiger partial charge is 0.334 e. The van der Waals surface area contributed by atoms with Gasteiger partial charge in [-0.1, -0.05) is 32.8 Å². The molecule has 0 aliphatic heterocycles. The Bertz CT molecular complexity index is 210. The van der Waals surface area contributed by atoms with E-state index < -0.39 is 0 Å². The van der Waals surface area contributed by atoms with Crippen molar-refractivity contribution in [2.75, 3.05) is 6.61 Å². The normalized spacial score (nSPS) is 10.1. The Labute approximate surface area is 87.3 Å². The third-order valence-corrected chi connectivity index (χ3v) is 2.07. The maximum absolute atomic E-state index is 11.6. The second-order valence-electron chi connectivity index (χ2n) is 4.06. The van der Waals surface area contributed by atoms with Gasteiger partial charge in [0.1, 0.15) is 0 Å². The van der Waals surface area contributed by atoms with Crippen molar-refractivity contribution in [2.45, 2.75) is 47.5 Å². The molecule has 0 radical (unpaired) electrons. The molecule has 0 bridgehead atoms. The molecule has 0 fully saturated rings. The fourth-order valence-corrected chi connectivity index (χ4v) is 1.40.